The minimum absolute atomic E-state index is 0. The molecule has 0 saturated heterocycles. The minimum Gasteiger partial charge on any atom is -0.872 e. The van der Waals surface area contributed by atoms with Crippen LogP contribution in [0.25, 0.3) is 5.76 Å². The van der Waals surface area contributed by atoms with Crippen molar-refractivity contribution in [1.82, 2.24) is 0 Å². The molecule has 0 N–H and O–H groups in total. The van der Waals surface area contributed by atoms with E-state index in [0.717, 1.165) is 3.57 Å². The van der Waals surface area contributed by atoms with E-state index in [1.165, 1.54) is 6.92 Å². The van der Waals surface area contributed by atoms with Crippen LogP contribution in [-0.2, 0) is 14.3 Å². The summed E-state index contributed by atoms with van der Waals surface area (Å²) in [7, 11) is 0. The maximum atomic E-state index is 11.9. The van der Waals surface area contributed by atoms with E-state index < -0.39 is 17.5 Å². The Morgan fingerprint density at radius 3 is 2.26 bits per heavy atom. The second kappa shape index (κ2) is 8.41. The van der Waals surface area contributed by atoms with Gasteiger partial charge in [-0.15, -0.1) is 0 Å². The molecule has 1 aromatic carbocycles. The van der Waals surface area contributed by atoms with Crippen molar-refractivity contribution in [3.63, 3.8) is 0 Å². The number of hydrogen-bond donors (Lipinski definition) is 0. The predicted octanol–water partition coefficient (Wildman–Crippen LogP) is -1.48. The summed E-state index contributed by atoms with van der Waals surface area (Å²) in [5.41, 5.74) is 0.250. The van der Waals surface area contributed by atoms with Crippen molar-refractivity contribution in [2.45, 2.75) is 13.8 Å². The van der Waals surface area contributed by atoms with E-state index in [0.29, 0.717) is 5.56 Å². The molecule has 4 nitrogen and oxygen atoms in total. The van der Waals surface area contributed by atoms with Crippen molar-refractivity contribution < 1.29 is 38.3 Å². The Morgan fingerprint density at radius 1 is 1.26 bits per heavy atom. The van der Waals surface area contributed by atoms with Gasteiger partial charge in [0, 0.05) is 3.57 Å². The normalized spacial score (nSPS) is 11.1. The molecule has 1 rings (SSSR count). The monoisotopic (exact) mass is 366 g/mol. The first kappa shape index (κ1) is 18.2. The van der Waals surface area contributed by atoms with Gasteiger partial charge in [0.1, 0.15) is 0 Å². The topological polar surface area (TPSA) is 66.4 Å². The van der Waals surface area contributed by atoms with Gasteiger partial charge in [0.15, 0.2) is 0 Å². The van der Waals surface area contributed by atoms with Gasteiger partial charge in [-0.05, 0) is 59.7 Å². The Kier molecular flexibility index (Phi) is 8.07. The van der Waals surface area contributed by atoms with Gasteiger partial charge in [0.05, 0.1) is 6.61 Å². The van der Waals surface area contributed by atoms with Crippen LogP contribution in [0.2, 0.25) is 0 Å². The largest absolute Gasteiger partial charge is 1.00 e. The third-order valence-electron chi connectivity index (χ3n) is 2.25. The summed E-state index contributed by atoms with van der Waals surface area (Å²) in [5, 5.41) is 11.9. The zero-order valence-electron chi connectivity index (χ0n) is 11.0. The Morgan fingerprint density at radius 2 is 1.79 bits per heavy atom. The third kappa shape index (κ3) is 5.01. The van der Waals surface area contributed by atoms with E-state index in [4.69, 9.17) is 0 Å². The van der Waals surface area contributed by atoms with Crippen molar-refractivity contribution in [2.75, 3.05) is 6.61 Å². The molecule has 0 bridgehead atoms. The van der Waals surface area contributed by atoms with Crippen molar-refractivity contribution >= 4 is 40.1 Å². The van der Waals surface area contributed by atoms with Crippen molar-refractivity contribution in [3.05, 3.63) is 39.0 Å². The first-order valence-electron chi connectivity index (χ1n) is 5.32. The SMILES string of the molecule is CCOC(=O)C(=O)C(C)=C([O-])c1ccc(I)cc1.[Li+]. The van der Waals surface area contributed by atoms with Crippen LogP contribution in [0.1, 0.15) is 19.4 Å². The molecule has 0 saturated carbocycles. The number of hydrogen-bond acceptors (Lipinski definition) is 4. The molecule has 0 unspecified atom stereocenters. The fourth-order valence-corrected chi connectivity index (χ4v) is 1.63. The van der Waals surface area contributed by atoms with Crippen molar-refractivity contribution in [2.24, 2.45) is 0 Å². The van der Waals surface area contributed by atoms with E-state index in [-0.39, 0.29) is 31.0 Å². The Labute approximate surface area is 137 Å². The van der Waals surface area contributed by atoms with Gasteiger partial charge in [-0.2, -0.15) is 0 Å². The van der Waals surface area contributed by atoms with E-state index in [1.54, 1.807) is 31.2 Å². The average Bonchev–Trinajstić information content (AvgIpc) is 2.37. The number of carbonyl (C=O) groups excluding carboxylic acids is 2. The number of rotatable bonds is 4. The standard InChI is InChI=1S/C13H13IO4.Li/c1-3-18-13(17)12(16)8(2)11(15)9-4-6-10(14)7-5-9;/h4-7,15H,3H2,1-2H3;/q;+1/p-1. The van der Waals surface area contributed by atoms with Crippen LogP contribution in [0.15, 0.2) is 29.8 Å². The van der Waals surface area contributed by atoms with Crippen LogP contribution in [0, 0.1) is 3.57 Å². The second-order valence-corrected chi connectivity index (χ2v) is 4.76. The second-order valence-electron chi connectivity index (χ2n) is 3.51. The number of carbonyl (C=O) groups is 2. The summed E-state index contributed by atoms with van der Waals surface area (Å²) < 4.78 is 5.55. The smallest absolute Gasteiger partial charge is 0.872 e. The summed E-state index contributed by atoms with van der Waals surface area (Å²) in [6.07, 6.45) is 0. The number of ether oxygens (including phenoxy) is 1. The molecule has 0 aliphatic rings. The molecule has 19 heavy (non-hydrogen) atoms. The van der Waals surface area contributed by atoms with Gasteiger partial charge in [-0.25, -0.2) is 4.79 Å². The number of benzene rings is 1. The van der Waals surface area contributed by atoms with Crippen LogP contribution < -0.4 is 24.0 Å². The van der Waals surface area contributed by atoms with E-state index in [2.05, 4.69) is 27.3 Å². The van der Waals surface area contributed by atoms with Crippen LogP contribution >= 0.6 is 22.6 Å². The summed E-state index contributed by atoms with van der Waals surface area (Å²) >= 11 is 2.11. The van der Waals surface area contributed by atoms with Crippen LogP contribution in [0.4, 0.5) is 0 Å². The molecule has 1 aromatic rings. The fourth-order valence-electron chi connectivity index (χ4n) is 1.27. The van der Waals surface area contributed by atoms with E-state index in [9.17, 15) is 14.7 Å². The van der Waals surface area contributed by atoms with Gasteiger partial charge in [-0.3, -0.25) is 4.79 Å². The van der Waals surface area contributed by atoms with Gasteiger partial charge >= 0.3 is 24.8 Å². The molecular formula is C13H12ILiO4. The maximum absolute atomic E-state index is 11.9. The van der Waals surface area contributed by atoms with E-state index in [1.807, 2.05) is 0 Å². The predicted molar refractivity (Wildman–Crippen MR) is 73.4 cm³/mol. The molecule has 0 heterocycles. The minimum atomic E-state index is -0.992. The Bertz CT molecular complexity index is 494. The van der Waals surface area contributed by atoms with Crippen LogP contribution in [-0.4, -0.2) is 18.4 Å². The third-order valence-corrected chi connectivity index (χ3v) is 2.97. The number of ketones is 1. The number of halogens is 1. The van der Waals surface area contributed by atoms with Gasteiger partial charge in [0.2, 0.25) is 0 Å². The quantitative estimate of drug-likeness (QED) is 0.163. The molecule has 0 aliphatic carbocycles. The van der Waals surface area contributed by atoms with Gasteiger partial charge in [0.25, 0.3) is 5.78 Å². The molecule has 0 amide bonds. The maximum Gasteiger partial charge on any atom is 1.00 e. The summed E-state index contributed by atoms with van der Waals surface area (Å²) in [6.45, 7) is 3.04. The summed E-state index contributed by atoms with van der Waals surface area (Å²) in [6, 6.07) is 6.75. The van der Waals surface area contributed by atoms with E-state index >= 15 is 0 Å². The Balaban J connectivity index is 0.00000324. The number of esters is 1. The Hall–Kier alpha value is -0.773. The van der Waals surface area contributed by atoms with Gasteiger partial charge in [-0.1, -0.05) is 17.9 Å². The molecule has 6 heteroatoms. The van der Waals surface area contributed by atoms with Crippen molar-refractivity contribution in [3.8, 4) is 0 Å². The zero-order chi connectivity index (χ0) is 13.7. The molecular weight excluding hydrogens is 354 g/mol. The zero-order valence-corrected chi connectivity index (χ0v) is 13.2. The molecule has 0 spiro atoms. The molecule has 96 valence electrons. The molecule has 0 fully saturated rings. The molecule has 0 aromatic heterocycles. The van der Waals surface area contributed by atoms with Crippen LogP contribution in [0.3, 0.4) is 0 Å². The molecule has 0 atom stereocenters. The first-order valence-corrected chi connectivity index (χ1v) is 6.40. The summed E-state index contributed by atoms with van der Waals surface area (Å²) in [5.74, 6) is -2.33. The summed E-state index contributed by atoms with van der Waals surface area (Å²) in [4.78, 5) is 22.8. The first-order chi connectivity index (χ1) is 8.47. The number of Topliss-reactive ketones (excluding diaryl/α,β-unsaturated/α-hetero) is 1. The van der Waals surface area contributed by atoms with Crippen molar-refractivity contribution in [1.29, 1.82) is 0 Å². The fraction of sp³-hybridized carbons (Fsp3) is 0.231. The average molecular weight is 366 g/mol. The van der Waals surface area contributed by atoms with Crippen LogP contribution in [0.5, 0.6) is 0 Å². The molecule has 0 radical (unpaired) electrons. The van der Waals surface area contributed by atoms with Gasteiger partial charge < -0.3 is 9.84 Å². The molecule has 0 aliphatic heterocycles.